The van der Waals surface area contributed by atoms with E-state index in [1.54, 1.807) is 0 Å². The Labute approximate surface area is 80.1 Å². The highest BCUT2D eigenvalue weighted by atomic mass is 16.2. The van der Waals surface area contributed by atoms with Gasteiger partial charge in [0.1, 0.15) is 0 Å². The summed E-state index contributed by atoms with van der Waals surface area (Å²) in [7, 11) is 0. The predicted molar refractivity (Wildman–Crippen MR) is 52.3 cm³/mol. The lowest BCUT2D eigenvalue weighted by atomic mass is 9.52. The average molecular weight is 181 g/mol. The minimum atomic E-state index is 0.0551. The summed E-state index contributed by atoms with van der Waals surface area (Å²) in [5, 5.41) is 3.09. The van der Waals surface area contributed by atoms with E-state index in [-0.39, 0.29) is 10.8 Å². The number of carbonyl (C=O) groups is 1. The molecule has 1 spiro atoms. The van der Waals surface area contributed by atoms with Crippen molar-refractivity contribution in [2.75, 3.05) is 0 Å². The minimum Gasteiger partial charge on any atom is -0.351 e. The van der Waals surface area contributed by atoms with Crippen LogP contribution in [0.2, 0.25) is 0 Å². The molecule has 1 saturated carbocycles. The van der Waals surface area contributed by atoms with Crippen molar-refractivity contribution in [2.24, 2.45) is 10.8 Å². The quantitative estimate of drug-likeness (QED) is 0.649. The van der Waals surface area contributed by atoms with Gasteiger partial charge in [0.15, 0.2) is 0 Å². The largest absolute Gasteiger partial charge is 0.351 e. The summed E-state index contributed by atoms with van der Waals surface area (Å²) in [5.74, 6) is 0.310. The Morgan fingerprint density at radius 3 is 2.46 bits per heavy atom. The lowest BCUT2D eigenvalue weighted by molar-refractivity contribution is -0.163. The Balaban J connectivity index is 2.15. The fraction of sp³-hybridized carbons (Fsp3) is 0.909. The number of amides is 1. The van der Waals surface area contributed by atoms with Crippen LogP contribution in [0.5, 0.6) is 0 Å². The maximum Gasteiger partial charge on any atom is 0.228 e. The Bertz CT molecular complexity index is 240. The van der Waals surface area contributed by atoms with Crippen molar-refractivity contribution < 1.29 is 4.79 Å². The van der Waals surface area contributed by atoms with Crippen LogP contribution in [0, 0.1) is 10.8 Å². The number of carbonyl (C=O) groups excluding carboxylic acids is 1. The lowest BCUT2D eigenvalue weighted by Gasteiger charge is -2.59. The molecule has 0 aromatic carbocycles. The van der Waals surface area contributed by atoms with Crippen LogP contribution in [0.1, 0.15) is 46.5 Å². The molecule has 1 unspecified atom stereocenters. The van der Waals surface area contributed by atoms with Gasteiger partial charge in [-0.15, -0.1) is 0 Å². The Hall–Kier alpha value is -0.530. The van der Waals surface area contributed by atoms with Crippen LogP contribution in [0.25, 0.3) is 0 Å². The van der Waals surface area contributed by atoms with E-state index in [0.717, 1.165) is 19.3 Å². The zero-order valence-corrected chi connectivity index (χ0v) is 8.81. The average Bonchev–Trinajstić information content (AvgIpc) is 1.97. The Kier molecular flexibility index (Phi) is 1.73. The van der Waals surface area contributed by atoms with Crippen LogP contribution in [0.15, 0.2) is 0 Å². The second kappa shape index (κ2) is 2.49. The molecule has 1 atom stereocenters. The van der Waals surface area contributed by atoms with Gasteiger partial charge in [-0.3, -0.25) is 4.79 Å². The van der Waals surface area contributed by atoms with Crippen LogP contribution in [-0.4, -0.2) is 11.9 Å². The summed E-state index contributed by atoms with van der Waals surface area (Å²) >= 11 is 0. The van der Waals surface area contributed by atoms with E-state index in [2.05, 4.69) is 26.1 Å². The van der Waals surface area contributed by atoms with Crippen molar-refractivity contribution in [1.29, 1.82) is 0 Å². The summed E-state index contributed by atoms with van der Waals surface area (Å²) in [6.45, 7) is 6.73. The van der Waals surface area contributed by atoms with Crippen LogP contribution in [0.3, 0.4) is 0 Å². The molecule has 0 radical (unpaired) electrons. The van der Waals surface area contributed by atoms with E-state index < -0.39 is 0 Å². The fourth-order valence-corrected chi connectivity index (χ4v) is 2.69. The number of hydrogen-bond acceptors (Lipinski definition) is 1. The van der Waals surface area contributed by atoms with Crippen LogP contribution in [-0.2, 0) is 4.79 Å². The molecule has 1 aliphatic carbocycles. The van der Waals surface area contributed by atoms with E-state index in [4.69, 9.17) is 0 Å². The molecular formula is C11H19NO. The Morgan fingerprint density at radius 2 is 2.15 bits per heavy atom. The van der Waals surface area contributed by atoms with Gasteiger partial charge in [0, 0.05) is 6.04 Å². The molecule has 0 bridgehead atoms. The molecule has 2 fully saturated rings. The zero-order valence-electron chi connectivity index (χ0n) is 8.81. The van der Waals surface area contributed by atoms with Gasteiger partial charge in [-0.1, -0.05) is 27.2 Å². The van der Waals surface area contributed by atoms with Crippen LogP contribution in [0.4, 0.5) is 0 Å². The number of rotatable bonds is 2. The first-order chi connectivity index (χ1) is 6.03. The van der Waals surface area contributed by atoms with Crippen molar-refractivity contribution in [1.82, 2.24) is 5.32 Å². The van der Waals surface area contributed by atoms with Gasteiger partial charge >= 0.3 is 0 Å². The van der Waals surface area contributed by atoms with Gasteiger partial charge in [0.05, 0.1) is 5.41 Å². The predicted octanol–water partition coefficient (Wildman–Crippen LogP) is 2.09. The van der Waals surface area contributed by atoms with Crippen molar-refractivity contribution in [3.05, 3.63) is 0 Å². The molecule has 1 N–H and O–H groups in total. The van der Waals surface area contributed by atoms with Crippen molar-refractivity contribution in [2.45, 2.75) is 52.5 Å². The smallest absolute Gasteiger partial charge is 0.228 e. The number of nitrogens with one attached hydrogen (secondary N) is 1. The molecule has 2 heteroatoms. The summed E-state index contributed by atoms with van der Waals surface area (Å²) in [6.07, 6.45) is 4.61. The summed E-state index contributed by atoms with van der Waals surface area (Å²) in [4.78, 5) is 11.5. The molecule has 1 saturated heterocycles. The van der Waals surface area contributed by atoms with Crippen molar-refractivity contribution >= 4 is 5.91 Å². The van der Waals surface area contributed by atoms with E-state index in [0.29, 0.717) is 11.9 Å². The van der Waals surface area contributed by atoms with E-state index in [1.807, 2.05) is 0 Å². The molecule has 1 aliphatic heterocycles. The second-order valence-corrected chi connectivity index (χ2v) is 5.26. The number of β-lactam (4-membered cyclic amide) rings is 1. The maximum atomic E-state index is 11.5. The first-order valence-electron chi connectivity index (χ1n) is 5.34. The summed E-state index contributed by atoms with van der Waals surface area (Å²) < 4.78 is 0. The monoisotopic (exact) mass is 181 g/mol. The summed E-state index contributed by atoms with van der Waals surface area (Å²) in [6, 6.07) is 0.436. The lowest BCUT2D eigenvalue weighted by Crippen LogP contribution is -2.74. The van der Waals surface area contributed by atoms with Crippen molar-refractivity contribution in [3.8, 4) is 0 Å². The SMILES string of the molecule is CCC(C)(C)C1NC(=O)C12CCC2. The molecule has 0 aromatic heterocycles. The molecule has 2 rings (SSSR count). The molecular weight excluding hydrogens is 162 g/mol. The molecule has 2 aliphatic rings. The van der Waals surface area contributed by atoms with Gasteiger partial charge in [-0.2, -0.15) is 0 Å². The maximum absolute atomic E-state index is 11.5. The summed E-state index contributed by atoms with van der Waals surface area (Å²) in [5.41, 5.74) is 0.327. The van der Waals surface area contributed by atoms with E-state index in [9.17, 15) is 4.79 Å². The highest BCUT2D eigenvalue weighted by Crippen LogP contribution is 2.54. The fourth-order valence-electron chi connectivity index (χ4n) is 2.69. The molecule has 1 amide bonds. The van der Waals surface area contributed by atoms with Gasteiger partial charge in [-0.05, 0) is 24.7 Å². The first-order valence-corrected chi connectivity index (χ1v) is 5.34. The third-order valence-electron chi connectivity index (χ3n) is 4.22. The standard InChI is InChI=1S/C11H19NO/c1-4-10(2,3)8-11(6-5-7-11)9(13)12-8/h8H,4-7H2,1-3H3,(H,12,13). The molecule has 13 heavy (non-hydrogen) atoms. The van der Waals surface area contributed by atoms with Crippen molar-refractivity contribution in [3.63, 3.8) is 0 Å². The van der Waals surface area contributed by atoms with Gasteiger partial charge in [0.2, 0.25) is 5.91 Å². The van der Waals surface area contributed by atoms with Crippen LogP contribution >= 0.6 is 0 Å². The van der Waals surface area contributed by atoms with Gasteiger partial charge in [-0.25, -0.2) is 0 Å². The second-order valence-electron chi connectivity index (χ2n) is 5.26. The first kappa shape index (κ1) is 9.04. The third kappa shape index (κ3) is 0.976. The molecule has 2 nitrogen and oxygen atoms in total. The van der Waals surface area contributed by atoms with E-state index in [1.165, 1.54) is 6.42 Å². The highest BCUT2D eigenvalue weighted by Gasteiger charge is 2.62. The van der Waals surface area contributed by atoms with Gasteiger partial charge < -0.3 is 5.32 Å². The minimum absolute atomic E-state index is 0.0551. The van der Waals surface area contributed by atoms with Gasteiger partial charge in [0.25, 0.3) is 0 Å². The molecule has 74 valence electrons. The van der Waals surface area contributed by atoms with E-state index >= 15 is 0 Å². The highest BCUT2D eigenvalue weighted by molar-refractivity contribution is 5.91. The van der Waals surface area contributed by atoms with Crippen LogP contribution < -0.4 is 5.32 Å². The zero-order chi connectivity index (χ0) is 9.69. The normalized spacial score (nSPS) is 30.7. The topological polar surface area (TPSA) is 29.1 Å². The Morgan fingerprint density at radius 1 is 1.54 bits per heavy atom. The molecule has 1 heterocycles. The number of hydrogen-bond donors (Lipinski definition) is 1. The third-order valence-corrected chi connectivity index (χ3v) is 4.22. The molecule has 0 aromatic rings.